The first-order chi connectivity index (χ1) is 8.92. The molecule has 0 aliphatic rings. The van der Waals surface area contributed by atoms with Crippen LogP contribution in [0.15, 0.2) is 40.6 Å². The number of rotatable bonds is 4. The molecule has 100 valence electrons. The molecule has 0 saturated heterocycles. The average molecular weight is 301 g/mol. The van der Waals surface area contributed by atoms with Crippen LogP contribution in [0.5, 0.6) is 0 Å². The Balaban J connectivity index is 2.40. The Morgan fingerprint density at radius 3 is 2.58 bits per heavy atom. The van der Waals surface area contributed by atoms with Crippen molar-refractivity contribution in [2.24, 2.45) is 0 Å². The van der Waals surface area contributed by atoms with Crippen molar-refractivity contribution in [2.75, 3.05) is 4.72 Å². The van der Waals surface area contributed by atoms with Gasteiger partial charge in [0.2, 0.25) is 0 Å². The van der Waals surface area contributed by atoms with E-state index < -0.39 is 26.7 Å². The number of anilines is 1. The van der Waals surface area contributed by atoms with Crippen LogP contribution >= 0.6 is 11.3 Å². The van der Waals surface area contributed by atoms with Crippen molar-refractivity contribution >= 4 is 32.3 Å². The lowest BCUT2D eigenvalue weighted by atomic mass is 10.3. The molecule has 1 aromatic carbocycles. The Morgan fingerprint density at radius 1 is 1.26 bits per heavy atom. The number of sulfonamides is 1. The number of hydrogen-bond acceptors (Lipinski definition) is 4. The molecular formula is C11H8FNO4S2. The third-order valence-corrected chi connectivity index (χ3v) is 4.59. The molecule has 2 N–H and O–H groups in total. The number of carbonyl (C=O) groups is 1. The van der Waals surface area contributed by atoms with Gasteiger partial charge in [-0.05, 0) is 23.6 Å². The van der Waals surface area contributed by atoms with Gasteiger partial charge in [-0.2, -0.15) is 0 Å². The molecule has 0 aliphatic carbocycles. The molecule has 0 atom stereocenters. The fraction of sp³-hybridized carbons (Fsp3) is 0. The summed E-state index contributed by atoms with van der Waals surface area (Å²) in [5.74, 6) is -2.16. The van der Waals surface area contributed by atoms with E-state index in [4.69, 9.17) is 5.11 Å². The fourth-order valence-electron chi connectivity index (χ4n) is 1.40. The van der Waals surface area contributed by atoms with E-state index in [1.54, 1.807) is 0 Å². The molecule has 1 aromatic heterocycles. The Kier molecular flexibility index (Phi) is 3.54. The van der Waals surface area contributed by atoms with Gasteiger partial charge in [0.1, 0.15) is 15.7 Å². The number of halogens is 1. The molecule has 0 saturated carbocycles. The van der Waals surface area contributed by atoms with E-state index in [0.717, 1.165) is 23.5 Å². The highest BCUT2D eigenvalue weighted by atomic mass is 32.2. The zero-order valence-electron chi connectivity index (χ0n) is 9.33. The minimum Gasteiger partial charge on any atom is -0.478 e. The van der Waals surface area contributed by atoms with Gasteiger partial charge in [0, 0.05) is 0 Å². The molecule has 0 unspecified atom stereocenters. The Labute approximate surface area is 112 Å². The van der Waals surface area contributed by atoms with Crippen molar-refractivity contribution in [2.45, 2.75) is 4.90 Å². The van der Waals surface area contributed by atoms with E-state index in [0.29, 0.717) is 0 Å². The number of carboxylic acid groups (broad SMARTS) is 1. The predicted molar refractivity (Wildman–Crippen MR) is 68.5 cm³/mol. The van der Waals surface area contributed by atoms with Crippen LogP contribution in [0.3, 0.4) is 0 Å². The van der Waals surface area contributed by atoms with Crippen molar-refractivity contribution in [3.8, 4) is 0 Å². The number of aromatic carboxylic acids is 1. The van der Waals surface area contributed by atoms with Crippen molar-refractivity contribution in [3.63, 3.8) is 0 Å². The lowest BCUT2D eigenvalue weighted by molar-refractivity contribution is 0.0698. The van der Waals surface area contributed by atoms with E-state index in [2.05, 4.69) is 4.72 Å². The van der Waals surface area contributed by atoms with Crippen LogP contribution in [0, 0.1) is 5.82 Å². The summed E-state index contributed by atoms with van der Waals surface area (Å²) in [4.78, 5) is 10.3. The molecule has 19 heavy (non-hydrogen) atoms. The maximum Gasteiger partial charge on any atom is 0.338 e. The summed E-state index contributed by atoms with van der Waals surface area (Å²) < 4.78 is 39.4. The average Bonchev–Trinajstić information content (AvgIpc) is 2.76. The third kappa shape index (κ3) is 2.74. The number of nitrogens with one attached hydrogen (secondary N) is 1. The zero-order valence-corrected chi connectivity index (χ0v) is 11.0. The van der Waals surface area contributed by atoms with E-state index in [1.165, 1.54) is 23.6 Å². The standard InChI is InChI=1S/C11H8FNO4S2/c12-8-3-1-2-4-9(8)19(16,17)13-10-7(11(14)15)5-6-18-10/h1-6,13H,(H,14,15). The van der Waals surface area contributed by atoms with E-state index >= 15 is 0 Å². The minimum atomic E-state index is -4.15. The smallest absolute Gasteiger partial charge is 0.338 e. The molecule has 1 heterocycles. The fourth-order valence-corrected chi connectivity index (χ4v) is 3.59. The molecule has 0 bridgehead atoms. The van der Waals surface area contributed by atoms with Crippen LogP contribution in [0.4, 0.5) is 9.39 Å². The molecule has 0 fully saturated rings. The monoisotopic (exact) mass is 301 g/mol. The Morgan fingerprint density at radius 2 is 1.95 bits per heavy atom. The van der Waals surface area contributed by atoms with Gasteiger partial charge < -0.3 is 5.11 Å². The molecule has 0 amide bonds. The first-order valence-electron chi connectivity index (χ1n) is 5.00. The number of carboxylic acids is 1. The summed E-state index contributed by atoms with van der Waals surface area (Å²) in [6.07, 6.45) is 0. The quantitative estimate of drug-likeness (QED) is 0.908. The van der Waals surface area contributed by atoms with Crippen LogP contribution in [-0.2, 0) is 10.0 Å². The maximum atomic E-state index is 13.4. The minimum absolute atomic E-state index is 0.0595. The summed E-state index contributed by atoms with van der Waals surface area (Å²) in [7, 11) is -4.15. The van der Waals surface area contributed by atoms with Gasteiger partial charge in [-0.25, -0.2) is 17.6 Å². The third-order valence-electron chi connectivity index (χ3n) is 2.25. The maximum absolute atomic E-state index is 13.4. The van der Waals surface area contributed by atoms with Gasteiger partial charge >= 0.3 is 5.97 Å². The second-order valence-electron chi connectivity index (χ2n) is 3.50. The van der Waals surface area contributed by atoms with Crippen LogP contribution in [-0.4, -0.2) is 19.5 Å². The summed E-state index contributed by atoms with van der Waals surface area (Å²) >= 11 is 0.912. The molecule has 2 aromatic rings. The van der Waals surface area contributed by atoms with Crippen LogP contribution in [0.1, 0.15) is 10.4 Å². The van der Waals surface area contributed by atoms with Gasteiger partial charge in [0.05, 0.1) is 5.56 Å². The van der Waals surface area contributed by atoms with Crippen molar-refractivity contribution in [1.82, 2.24) is 0 Å². The lowest BCUT2D eigenvalue weighted by Crippen LogP contribution is -2.15. The van der Waals surface area contributed by atoms with Crippen LogP contribution in [0.2, 0.25) is 0 Å². The van der Waals surface area contributed by atoms with Crippen molar-refractivity contribution in [1.29, 1.82) is 0 Å². The molecule has 0 spiro atoms. The highest BCUT2D eigenvalue weighted by Gasteiger charge is 2.22. The first-order valence-corrected chi connectivity index (χ1v) is 7.36. The Bertz CT molecular complexity index is 724. The van der Waals surface area contributed by atoms with Crippen molar-refractivity contribution < 1.29 is 22.7 Å². The highest BCUT2D eigenvalue weighted by molar-refractivity contribution is 7.93. The van der Waals surface area contributed by atoms with Crippen molar-refractivity contribution in [3.05, 3.63) is 47.1 Å². The van der Waals surface area contributed by atoms with Gasteiger partial charge in [-0.3, -0.25) is 4.72 Å². The molecule has 0 radical (unpaired) electrons. The van der Waals surface area contributed by atoms with E-state index in [1.807, 2.05) is 0 Å². The van der Waals surface area contributed by atoms with Gasteiger partial charge in [0.25, 0.3) is 10.0 Å². The zero-order chi connectivity index (χ0) is 14.0. The van der Waals surface area contributed by atoms with Crippen LogP contribution < -0.4 is 4.72 Å². The normalized spacial score (nSPS) is 11.2. The van der Waals surface area contributed by atoms with Gasteiger partial charge in [-0.15, -0.1) is 11.3 Å². The summed E-state index contributed by atoms with van der Waals surface area (Å²) in [6, 6.07) is 6.13. The predicted octanol–water partition coefficient (Wildman–Crippen LogP) is 2.39. The Hall–Kier alpha value is -1.93. The molecule has 5 nitrogen and oxygen atoms in total. The number of hydrogen-bond donors (Lipinski definition) is 2. The summed E-state index contributed by atoms with van der Waals surface area (Å²) in [6.45, 7) is 0. The largest absolute Gasteiger partial charge is 0.478 e. The van der Waals surface area contributed by atoms with E-state index in [9.17, 15) is 17.6 Å². The molecule has 0 aliphatic heterocycles. The van der Waals surface area contributed by atoms with Gasteiger partial charge in [0.15, 0.2) is 0 Å². The lowest BCUT2D eigenvalue weighted by Gasteiger charge is -2.07. The SMILES string of the molecule is O=C(O)c1ccsc1NS(=O)(=O)c1ccccc1F. The summed E-state index contributed by atoms with van der Waals surface area (Å²) in [5, 5.41) is 10.2. The topological polar surface area (TPSA) is 83.5 Å². The molecular weight excluding hydrogens is 293 g/mol. The molecule has 2 rings (SSSR count). The van der Waals surface area contributed by atoms with Gasteiger partial charge in [-0.1, -0.05) is 12.1 Å². The second kappa shape index (κ2) is 4.98. The molecule has 8 heteroatoms. The highest BCUT2D eigenvalue weighted by Crippen LogP contribution is 2.26. The number of thiophene rings is 1. The number of benzene rings is 1. The first kappa shape index (κ1) is 13.5. The second-order valence-corrected chi connectivity index (χ2v) is 6.07. The summed E-state index contributed by atoms with van der Waals surface area (Å²) in [5.41, 5.74) is -0.176. The van der Waals surface area contributed by atoms with Crippen LogP contribution in [0.25, 0.3) is 0 Å². The van der Waals surface area contributed by atoms with E-state index in [-0.39, 0.29) is 10.6 Å².